The van der Waals surface area contributed by atoms with Crippen molar-refractivity contribution in [3.8, 4) is 22.6 Å². The van der Waals surface area contributed by atoms with Crippen LogP contribution in [0.15, 0.2) is 107 Å². The van der Waals surface area contributed by atoms with Crippen molar-refractivity contribution in [2.24, 2.45) is 0 Å². The third kappa shape index (κ3) is 11.1. The Kier molecular flexibility index (Phi) is 13.5. The first-order valence-electron chi connectivity index (χ1n) is 18.3. The SMILES string of the molecule is CCOc1cncc(-c2cc(CN3CCN(c4ccc(C(=O)NS(=O)(=O)c5ccc(NCCSc6ccccc6)c(C(F)(F)F)c5)nn4)CC3)cc(OCC)c2)c1. The van der Waals surface area contributed by atoms with E-state index in [-0.39, 0.29) is 17.9 Å². The van der Waals surface area contributed by atoms with E-state index < -0.39 is 32.6 Å². The van der Waals surface area contributed by atoms with Crippen LogP contribution in [0.1, 0.15) is 35.5 Å². The fraction of sp³-hybridized carbons (Fsp3) is 0.300. The summed E-state index contributed by atoms with van der Waals surface area (Å²) in [5.41, 5.74) is 1.22. The number of hydrogen-bond acceptors (Lipinski definition) is 12. The van der Waals surface area contributed by atoms with Gasteiger partial charge in [-0.05, 0) is 91.7 Å². The third-order valence-electron chi connectivity index (χ3n) is 8.88. The molecule has 2 N–H and O–H groups in total. The molecule has 0 unspecified atom stereocenters. The molecular weight excluding hydrogens is 780 g/mol. The molecule has 1 amide bonds. The van der Waals surface area contributed by atoms with Gasteiger partial charge in [-0.15, -0.1) is 22.0 Å². The van der Waals surface area contributed by atoms with E-state index in [1.54, 1.807) is 18.5 Å². The van der Waals surface area contributed by atoms with Crippen LogP contribution in [0.3, 0.4) is 0 Å². The summed E-state index contributed by atoms with van der Waals surface area (Å²) in [5.74, 6) is 1.30. The molecule has 1 saturated heterocycles. The van der Waals surface area contributed by atoms with Crippen molar-refractivity contribution in [2.45, 2.75) is 36.4 Å². The third-order valence-corrected chi connectivity index (χ3v) is 11.2. The lowest BCUT2D eigenvalue weighted by Crippen LogP contribution is -2.46. The summed E-state index contributed by atoms with van der Waals surface area (Å²) in [7, 11) is -4.69. The number of thioether (sulfide) groups is 1. The average molecular weight is 822 g/mol. The molecule has 5 aromatic rings. The van der Waals surface area contributed by atoms with Gasteiger partial charge in [0, 0.05) is 67.4 Å². The molecule has 6 rings (SSSR count). The van der Waals surface area contributed by atoms with E-state index in [9.17, 15) is 26.4 Å². The number of nitrogens with one attached hydrogen (secondary N) is 2. The topological polar surface area (TPSA) is 139 Å². The van der Waals surface area contributed by atoms with Crippen molar-refractivity contribution in [1.29, 1.82) is 0 Å². The molecule has 0 aliphatic carbocycles. The quantitative estimate of drug-likeness (QED) is 0.0783. The summed E-state index contributed by atoms with van der Waals surface area (Å²) in [4.78, 5) is 21.8. The number of ether oxygens (including phenoxy) is 2. The Morgan fingerprint density at radius 3 is 2.28 bits per heavy atom. The van der Waals surface area contributed by atoms with Gasteiger partial charge in [-0.1, -0.05) is 18.2 Å². The monoisotopic (exact) mass is 821 g/mol. The smallest absolute Gasteiger partial charge is 0.418 e. The molecule has 1 aliphatic rings. The highest BCUT2D eigenvalue weighted by atomic mass is 32.2. The molecule has 1 aliphatic heterocycles. The summed E-state index contributed by atoms with van der Waals surface area (Å²) in [6, 6.07) is 22.9. The van der Waals surface area contributed by atoms with Crippen LogP contribution in [-0.4, -0.2) is 86.1 Å². The van der Waals surface area contributed by atoms with Crippen LogP contribution >= 0.6 is 11.8 Å². The second kappa shape index (κ2) is 18.7. The van der Waals surface area contributed by atoms with E-state index >= 15 is 0 Å². The average Bonchev–Trinajstić information content (AvgIpc) is 3.20. The van der Waals surface area contributed by atoms with E-state index in [4.69, 9.17) is 9.47 Å². The van der Waals surface area contributed by atoms with Crippen LogP contribution in [0.25, 0.3) is 11.1 Å². The number of halogens is 3. The summed E-state index contributed by atoms with van der Waals surface area (Å²) >= 11 is 1.47. The Bertz CT molecular complexity index is 2240. The summed E-state index contributed by atoms with van der Waals surface area (Å²) in [6.07, 6.45) is -1.38. The van der Waals surface area contributed by atoms with Crippen LogP contribution in [0.4, 0.5) is 24.7 Å². The van der Waals surface area contributed by atoms with Crippen LogP contribution in [0.5, 0.6) is 11.5 Å². The number of benzene rings is 3. The lowest BCUT2D eigenvalue weighted by molar-refractivity contribution is -0.137. The van der Waals surface area contributed by atoms with Gasteiger partial charge in [-0.25, -0.2) is 13.1 Å². The zero-order chi connectivity index (χ0) is 40.4. The van der Waals surface area contributed by atoms with Gasteiger partial charge < -0.3 is 19.7 Å². The molecule has 0 atom stereocenters. The Balaban J connectivity index is 1.04. The van der Waals surface area contributed by atoms with Crippen molar-refractivity contribution < 1.29 is 35.9 Å². The van der Waals surface area contributed by atoms with Gasteiger partial charge in [0.1, 0.15) is 11.5 Å². The van der Waals surface area contributed by atoms with Crippen molar-refractivity contribution in [2.75, 3.05) is 61.9 Å². The van der Waals surface area contributed by atoms with Gasteiger partial charge in [0.2, 0.25) is 0 Å². The number of carbonyl (C=O) groups is 1. The first kappa shape index (κ1) is 41.2. The molecular formula is C40H42F3N7O5S2. The van der Waals surface area contributed by atoms with Gasteiger partial charge in [0.25, 0.3) is 15.9 Å². The zero-order valence-electron chi connectivity index (χ0n) is 31.3. The number of sulfonamides is 1. The first-order chi connectivity index (χ1) is 27.4. The number of carbonyl (C=O) groups excluding carboxylic acids is 1. The number of rotatable bonds is 16. The highest BCUT2D eigenvalue weighted by Gasteiger charge is 2.35. The molecule has 3 aromatic carbocycles. The number of anilines is 2. The van der Waals surface area contributed by atoms with E-state index in [0.717, 1.165) is 39.5 Å². The normalized spacial score (nSPS) is 13.6. The first-order valence-corrected chi connectivity index (χ1v) is 20.7. The predicted octanol–water partition coefficient (Wildman–Crippen LogP) is 7.00. The molecule has 300 valence electrons. The summed E-state index contributed by atoms with van der Waals surface area (Å²) in [6.45, 7) is 8.46. The Labute approximate surface area is 333 Å². The fourth-order valence-corrected chi connectivity index (χ4v) is 7.96. The van der Waals surface area contributed by atoms with Gasteiger partial charge in [-0.3, -0.25) is 14.7 Å². The summed E-state index contributed by atoms with van der Waals surface area (Å²) < 4.78 is 81.5. The van der Waals surface area contributed by atoms with Gasteiger partial charge >= 0.3 is 6.18 Å². The van der Waals surface area contributed by atoms with Gasteiger partial charge in [0.05, 0.1) is 29.9 Å². The minimum absolute atomic E-state index is 0.199. The Morgan fingerprint density at radius 1 is 0.842 bits per heavy atom. The van der Waals surface area contributed by atoms with E-state index in [1.807, 2.05) is 72.0 Å². The largest absolute Gasteiger partial charge is 0.494 e. The Hall–Kier alpha value is -5.39. The molecule has 2 aromatic heterocycles. The molecule has 1 fully saturated rings. The number of aromatic nitrogens is 3. The molecule has 57 heavy (non-hydrogen) atoms. The number of alkyl halides is 3. The predicted molar refractivity (Wildman–Crippen MR) is 213 cm³/mol. The molecule has 0 spiro atoms. The highest BCUT2D eigenvalue weighted by Crippen LogP contribution is 2.36. The maximum absolute atomic E-state index is 14.0. The molecule has 0 radical (unpaired) electrons. The second-order valence-electron chi connectivity index (χ2n) is 12.9. The summed E-state index contributed by atoms with van der Waals surface area (Å²) in [5, 5.41) is 10.8. The number of nitrogens with zero attached hydrogens (tertiary/aromatic N) is 5. The van der Waals surface area contributed by atoms with Crippen LogP contribution < -0.4 is 24.4 Å². The van der Waals surface area contributed by atoms with Gasteiger partial charge in [0.15, 0.2) is 11.5 Å². The molecule has 12 nitrogen and oxygen atoms in total. The minimum atomic E-state index is -4.86. The second-order valence-corrected chi connectivity index (χ2v) is 15.8. The van der Waals surface area contributed by atoms with E-state index in [0.29, 0.717) is 69.3 Å². The number of hydrogen-bond donors (Lipinski definition) is 2. The van der Waals surface area contributed by atoms with Crippen LogP contribution in [0, 0.1) is 0 Å². The molecule has 0 bridgehead atoms. The van der Waals surface area contributed by atoms with Crippen LogP contribution in [0.2, 0.25) is 0 Å². The fourth-order valence-electron chi connectivity index (χ4n) is 6.18. The lowest BCUT2D eigenvalue weighted by Gasteiger charge is -2.35. The van der Waals surface area contributed by atoms with Gasteiger partial charge in [-0.2, -0.15) is 13.2 Å². The van der Waals surface area contributed by atoms with Crippen molar-refractivity contribution in [1.82, 2.24) is 24.8 Å². The van der Waals surface area contributed by atoms with Crippen molar-refractivity contribution in [3.05, 3.63) is 114 Å². The standard InChI is InChI=1S/C40H42F3N7O5S2/c1-3-54-31-21-28(20-29(22-31)30-23-32(55-4-2)26-44-25-30)27-49-15-17-50(18-16-49)38-13-12-37(46-47-38)39(51)48-57(52,53)34-10-11-36(35(24-34)40(41,42)43)45-14-19-56-33-8-6-5-7-9-33/h5-13,20-26,45H,3-4,14-19,27H2,1-2H3,(H,48,51). The number of piperazine rings is 1. The Morgan fingerprint density at radius 2 is 1.58 bits per heavy atom. The molecule has 0 saturated carbocycles. The molecule has 3 heterocycles. The number of amides is 1. The number of pyridine rings is 1. The highest BCUT2D eigenvalue weighted by molar-refractivity contribution is 7.99. The zero-order valence-corrected chi connectivity index (χ0v) is 33.0. The van der Waals surface area contributed by atoms with E-state index in [1.165, 1.54) is 17.8 Å². The maximum Gasteiger partial charge on any atom is 0.418 e. The van der Waals surface area contributed by atoms with Crippen molar-refractivity contribution >= 4 is 39.2 Å². The van der Waals surface area contributed by atoms with Crippen LogP contribution in [-0.2, 0) is 22.7 Å². The lowest BCUT2D eigenvalue weighted by atomic mass is 10.0. The molecule has 17 heteroatoms. The maximum atomic E-state index is 14.0. The van der Waals surface area contributed by atoms with Crippen molar-refractivity contribution in [3.63, 3.8) is 0 Å². The minimum Gasteiger partial charge on any atom is -0.494 e. The van der Waals surface area contributed by atoms with E-state index in [2.05, 4.69) is 31.5 Å².